The van der Waals surface area contributed by atoms with Crippen LogP contribution >= 0.6 is 15.9 Å². The first-order valence-corrected chi connectivity index (χ1v) is 8.33. The predicted octanol–water partition coefficient (Wildman–Crippen LogP) is 4.69. The van der Waals surface area contributed by atoms with E-state index in [9.17, 15) is 0 Å². The van der Waals surface area contributed by atoms with Crippen LogP contribution in [0.1, 0.15) is 22.3 Å². The summed E-state index contributed by atoms with van der Waals surface area (Å²) in [6, 6.07) is 15.5. The molecule has 1 atom stereocenters. The van der Waals surface area contributed by atoms with Crippen LogP contribution in [0.15, 0.2) is 46.9 Å². The van der Waals surface area contributed by atoms with Crippen LogP contribution in [-0.2, 0) is 12.8 Å². The normalized spacial score (nSPS) is 12.4. The first kappa shape index (κ1) is 16.3. The van der Waals surface area contributed by atoms with E-state index >= 15 is 0 Å². The van der Waals surface area contributed by atoms with Gasteiger partial charge in [0.1, 0.15) is 0 Å². The topological polar surface area (TPSA) is 12.0 Å². The summed E-state index contributed by atoms with van der Waals surface area (Å²) in [7, 11) is 2.04. The van der Waals surface area contributed by atoms with Crippen molar-refractivity contribution in [1.82, 2.24) is 5.32 Å². The lowest BCUT2D eigenvalue weighted by Crippen LogP contribution is -2.23. The SMILES string of the molecule is CNCC(Cc1ccc(Br)cc1)Cc1cc(C)ccc1C. The van der Waals surface area contributed by atoms with Gasteiger partial charge in [-0.1, -0.05) is 51.8 Å². The van der Waals surface area contributed by atoms with Crippen LogP contribution in [0, 0.1) is 19.8 Å². The number of hydrogen-bond donors (Lipinski definition) is 1. The zero-order valence-corrected chi connectivity index (χ0v) is 14.7. The van der Waals surface area contributed by atoms with Crippen molar-refractivity contribution < 1.29 is 0 Å². The quantitative estimate of drug-likeness (QED) is 0.800. The molecule has 0 aliphatic rings. The monoisotopic (exact) mass is 345 g/mol. The number of rotatable bonds is 6. The first-order chi connectivity index (χ1) is 10.1. The van der Waals surface area contributed by atoms with Crippen molar-refractivity contribution in [3.8, 4) is 0 Å². The second-order valence-corrected chi connectivity index (χ2v) is 6.80. The minimum absolute atomic E-state index is 0.622. The van der Waals surface area contributed by atoms with Crippen LogP contribution in [0.25, 0.3) is 0 Å². The Balaban J connectivity index is 2.11. The molecule has 0 saturated carbocycles. The molecule has 1 unspecified atom stereocenters. The van der Waals surface area contributed by atoms with Gasteiger partial charge < -0.3 is 5.32 Å². The molecular weight excluding hydrogens is 322 g/mol. The molecule has 0 radical (unpaired) electrons. The Labute approximate surface area is 136 Å². The van der Waals surface area contributed by atoms with E-state index in [1.807, 2.05) is 7.05 Å². The van der Waals surface area contributed by atoms with E-state index in [4.69, 9.17) is 0 Å². The third-order valence-corrected chi connectivity index (χ3v) is 4.47. The zero-order chi connectivity index (χ0) is 15.2. The number of nitrogens with one attached hydrogen (secondary N) is 1. The highest BCUT2D eigenvalue weighted by Crippen LogP contribution is 2.19. The van der Waals surface area contributed by atoms with Gasteiger partial charge in [0.05, 0.1) is 0 Å². The Kier molecular flexibility index (Phi) is 6.01. The highest BCUT2D eigenvalue weighted by molar-refractivity contribution is 9.10. The number of aryl methyl sites for hydroxylation is 2. The number of hydrogen-bond acceptors (Lipinski definition) is 1. The lowest BCUT2D eigenvalue weighted by molar-refractivity contribution is 0.492. The van der Waals surface area contributed by atoms with Crippen LogP contribution in [0.2, 0.25) is 0 Å². The van der Waals surface area contributed by atoms with Crippen molar-refractivity contribution in [3.05, 3.63) is 69.2 Å². The predicted molar refractivity (Wildman–Crippen MR) is 94.9 cm³/mol. The summed E-state index contributed by atoms with van der Waals surface area (Å²) in [4.78, 5) is 0. The fraction of sp³-hybridized carbons (Fsp3) is 0.368. The van der Waals surface area contributed by atoms with E-state index in [0.717, 1.165) is 23.9 Å². The van der Waals surface area contributed by atoms with E-state index in [0.29, 0.717) is 5.92 Å². The van der Waals surface area contributed by atoms with Gasteiger partial charge in [0.15, 0.2) is 0 Å². The summed E-state index contributed by atoms with van der Waals surface area (Å²) >= 11 is 3.50. The second kappa shape index (κ2) is 7.77. The van der Waals surface area contributed by atoms with Gasteiger partial charge in [-0.05, 0) is 75.0 Å². The van der Waals surface area contributed by atoms with Gasteiger partial charge in [0, 0.05) is 4.47 Å². The fourth-order valence-electron chi connectivity index (χ4n) is 2.79. The maximum absolute atomic E-state index is 3.50. The molecule has 0 amide bonds. The molecule has 2 aromatic carbocycles. The van der Waals surface area contributed by atoms with Crippen LogP contribution in [0.3, 0.4) is 0 Å². The van der Waals surface area contributed by atoms with Gasteiger partial charge in [-0.15, -0.1) is 0 Å². The molecular formula is C19H24BrN. The highest BCUT2D eigenvalue weighted by atomic mass is 79.9. The molecule has 0 spiro atoms. The van der Waals surface area contributed by atoms with Crippen molar-refractivity contribution in [2.75, 3.05) is 13.6 Å². The molecule has 0 fully saturated rings. The lowest BCUT2D eigenvalue weighted by atomic mass is 9.90. The summed E-state index contributed by atoms with van der Waals surface area (Å²) in [5.41, 5.74) is 5.64. The number of halogens is 1. The molecule has 0 aromatic heterocycles. The average molecular weight is 346 g/mol. The molecule has 0 saturated heterocycles. The van der Waals surface area contributed by atoms with Crippen molar-refractivity contribution in [3.63, 3.8) is 0 Å². The Morgan fingerprint density at radius 1 is 1.00 bits per heavy atom. The Morgan fingerprint density at radius 3 is 2.38 bits per heavy atom. The summed E-state index contributed by atoms with van der Waals surface area (Å²) in [5.74, 6) is 0.622. The summed E-state index contributed by atoms with van der Waals surface area (Å²) < 4.78 is 1.14. The van der Waals surface area contributed by atoms with E-state index < -0.39 is 0 Å². The van der Waals surface area contributed by atoms with Crippen molar-refractivity contribution in [1.29, 1.82) is 0 Å². The molecule has 2 rings (SSSR count). The lowest BCUT2D eigenvalue weighted by Gasteiger charge is -2.18. The van der Waals surface area contributed by atoms with Gasteiger partial charge >= 0.3 is 0 Å². The van der Waals surface area contributed by atoms with E-state index in [1.54, 1.807) is 0 Å². The summed E-state index contributed by atoms with van der Waals surface area (Å²) in [6.45, 7) is 5.43. The number of benzene rings is 2. The van der Waals surface area contributed by atoms with Crippen LogP contribution in [0.4, 0.5) is 0 Å². The van der Waals surface area contributed by atoms with Crippen molar-refractivity contribution in [2.45, 2.75) is 26.7 Å². The molecule has 0 aliphatic heterocycles. The summed E-state index contributed by atoms with van der Waals surface area (Å²) in [5, 5.41) is 3.34. The molecule has 112 valence electrons. The molecule has 0 heterocycles. The van der Waals surface area contributed by atoms with Crippen molar-refractivity contribution in [2.24, 2.45) is 5.92 Å². The fourth-order valence-corrected chi connectivity index (χ4v) is 3.05. The van der Waals surface area contributed by atoms with Gasteiger partial charge in [0.25, 0.3) is 0 Å². The third-order valence-electron chi connectivity index (χ3n) is 3.94. The minimum Gasteiger partial charge on any atom is -0.319 e. The van der Waals surface area contributed by atoms with Gasteiger partial charge in [-0.3, -0.25) is 0 Å². The standard InChI is InChI=1S/C19H24BrN/c1-14-4-5-15(2)18(10-14)12-17(13-21-3)11-16-6-8-19(20)9-7-16/h4-10,17,21H,11-13H2,1-3H3. The Bertz CT molecular complexity index is 575. The van der Waals surface area contributed by atoms with Gasteiger partial charge in [-0.2, -0.15) is 0 Å². The molecule has 0 aliphatic carbocycles. The van der Waals surface area contributed by atoms with E-state index in [-0.39, 0.29) is 0 Å². The third kappa shape index (κ3) is 4.98. The van der Waals surface area contributed by atoms with Gasteiger partial charge in [0.2, 0.25) is 0 Å². The average Bonchev–Trinajstić information content (AvgIpc) is 2.45. The highest BCUT2D eigenvalue weighted by Gasteiger charge is 2.12. The summed E-state index contributed by atoms with van der Waals surface area (Å²) in [6.07, 6.45) is 2.24. The minimum atomic E-state index is 0.622. The van der Waals surface area contributed by atoms with Crippen molar-refractivity contribution >= 4 is 15.9 Å². The molecule has 2 heteroatoms. The Hall–Kier alpha value is -1.12. The smallest absolute Gasteiger partial charge is 0.0175 e. The maximum atomic E-state index is 3.50. The van der Waals surface area contributed by atoms with E-state index in [2.05, 4.69) is 77.6 Å². The second-order valence-electron chi connectivity index (χ2n) is 5.89. The molecule has 2 aromatic rings. The zero-order valence-electron chi connectivity index (χ0n) is 13.1. The molecule has 1 N–H and O–H groups in total. The molecule has 21 heavy (non-hydrogen) atoms. The van der Waals surface area contributed by atoms with E-state index in [1.165, 1.54) is 22.3 Å². The maximum Gasteiger partial charge on any atom is 0.0175 e. The van der Waals surface area contributed by atoms with Crippen LogP contribution in [0.5, 0.6) is 0 Å². The molecule has 1 nitrogen and oxygen atoms in total. The van der Waals surface area contributed by atoms with Gasteiger partial charge in [-0.25, -0.2) is 0 Å². The van der Waals surface area contributed by atoms with Crippen LogP contribution in [-0.4, -0.2) is 13.6 Å². The molecule has 0 bridgehead atoms. The Morgan fingerprint density at radius 2 is 1.71 bits per heavy atom. The largest absolute Gasteiger partial charge is 0.319 e. The van der Waals surface area contributed by atoms with Crippen LogP contribution < -0.4 is 5.32 Å². The first-order valence-electron chi connectivity index (χ1n) is 7.53.